The van der Waals surface area contributed by atoms with Crippen molar-refractivity contribution < 1.29 is 9.59 Å². The minimum atomic E-state index is -0.411. The Morgan fingerprint density at radius 2 is 1.76 bits per heavy atom. The van der Waals surface area contributed by atoms with Crippen LogP contribution in [0.2, 0.25) is 10.0 Å². The number of benzene rings is 2. The zero-order chi connectivity index (χ0) is 24.1. The van der Waals surface area contributed by atoms with Gasteiger partial charge in [0, 0.05) is 53.9 Å². The van der Waals surface area contributed by atoms with E-state index in [1.165, 1.54) is 6.07 Å². The molecule has 0 bridgehead atoms. The number of nitrogens with one attached hydrogen (secondary N) is 2. The number of anilines is 3. The molecule has 0 aliphatic carbocycles. The van der Waals surface area contributed by atoms with Crippen molar-refractivity contribution in [3.05, 3.63) is 82.1 Å². The van der Waals surface area contributed by atoms with Crippen molar-refractivity contribution in [1.29, 1.82) is 0 Å². The highest BCUT2D eigenvalue weighted by Gasteiger charge is 2.22. The number of urea groups is 1. The van der Waals surface area contributed by atoms with Gasteiger partial charge in [-0.1, -0.05) is 29.3 Å². The average molecular weight is 498 g/mol. The first-order chi connectivity index (χ1) is 16.4. The second-order valence-corrected chi connectivity index (χ2v) is 9.04. The number of nitrogens with zero attached hydrogens (tertiary/aromatic N) is 2. The van der Waals surface area contributed by atoms with Crippen molar-refractivity contribution in [2.75, 3.05) is 35.6 Å². The van der Waals surface area contributed by atoms with Crippen LogP contribution >= 0.6 is 23.2 Å². The van der Waals surface area contributed by atoms with Crippen molar-refractivity contribution in [3.8, 4) is 0 Å². The number of halogens is 2. The Morgan fingerprint density at radius 3 is 2.47 bits per heavy atom. The molecule has 0 spiro atoms. The summed E-state index contributed by atoms with van der Waals surface area (Å²) in [4.78, 5) is 32.2. The Morgan fingerprint density at radius 1 is 1.03 bits per heavy atom. The molecular weight excluding hydrogens is 473 g/mol. The zero-order valence-electron chi connectivity index (χ0n) is 18.4. The molecule has 0 atom stereocenters. The van der Waals surface area contributed by atoms with E-state index in [1.807, 2.05) is 12.1 Å². The summed E-state index contributed by atoms with van der Waals surface area (Å²) in [6.07, 6.45) is 5.52. The fraction of sp³-hybridized carbons (Fsp3) is 0.240. The van der Waals surface area contributed by atoms with E-state index >= 15 is 0 Å². The van der Waals surface area contributed by atoms with E-state index in [0.717, 1.165) is 31.6 Å². The summed E-state index contributed by atoms with van der Waals surface area (Å²) in [5.74, 6) is 0.0127. The number of carbonyl (C=O) groups excluding carboxylic acids is 2. The number of rotatable bonds is 6. The normalized spacial score (nSPS) is 14.0. The van der Waals surface area contributed by atoms with Gasteiger partial charge in [-0.15, -0.1) is 0 Å². The van der Waals surface area contributed by atoms with Crippen LogP contribution in [0.15, 0.2) is 60.9 Å². The lowest BCUT2D eigenvalue weighted by atomic mass is 9.96. The first kappa shape index (κ1) is 23.9. The van der Waals surface area contributed by atoms with Crippen molar-refractivity contribution >= 4 is 52.1 Å². The van der Waals surface area contributed by atoms with Gasteiger partial charge in [0.25, 0.3) is 0 Å². The van der Waals surface area contributed by atoms with Gasteiger partial charge in [-0.25, -0.2) is 4.79 Å². The molecule has 176 valence electrons. The fourth-order valence-corrected chi connectivity index (χ4v) is 4.56. The molecule has 1 aliphatic rings. The largest absolute Gasteiger partial charge is 0.397 e. The number of nitrogen functional groups attached to an aromatic ring is 1. The third-order valence-corrected chi connectivity index (χ3v) is 6.50. The SMILES string of the molecule is Nc1cccc(C(=O)c2ccc(Cl)cc2Cl)c1NC(=O)NCC1CCN(c2ccncc2)CC1. The zero-order valence-corrected chi connectivity index (χ0v) is 19.9. The van der Waals surface area contributed by atoms with Gasteiger partial charge in [0.05, 0.1) is 16.4 Å². The van der Waals surface area contributed by atoms with Gasteiger partial charge in [-0.05, 0) is 61.2 Å². The van der Waals surface area contributed by atoms with Crippen LogP contribution in [0.3, 0.4) is 0 Å². The first-order valence-corrected chi connectivity index (χ1v) is 11.8. The van der Waals surface area contributed by atoms with Gasteiger partial charge in [0.15, 0.2) is 5.78 Å². The Hall–Kier alpha value is -3.29. The topological polar surface area (TPSA) is 100 Å². The minimum absolute atomic E-state index is 0.230. The molecule has 9 heteroatoms. The molecule has 0 unspecified atom stereocenters. The van der Waals surface area contributed by atoms with Crippen LogP contribution in [0.4, 0.5) is 21.9 Å². The van der Waals surface area contributed by atoms with E-state index < -0.39 is 6.03 Å². The van der Waals surface area contributed by atoms with Gasteiger partial charge in [-0.2, -0.15) is 0 Å². The molecule has 2 amide bonds. The van der Waals surface area contributed by atoms with Crippen molar-refractivity contribution in [2.24, 2.45) is 5.92 Å². The molecule has 2 aromatic carbocycles. The van der Waals surface area contributed by atoms with Crippen molar-refractivity contribution in [1.82, 2.24) is 10.3 Å². The number of ketones is 1. The Balaban J connectivity index is 1.37. The average Bonchev–Trinajstić information content (AvgIpc) is 2.84. The van der Waals surface area contributed by atoms with E-state index in [0.29, 0.717) is 17.5 Å². The highest BCUT2D eigenvalue weighted by atomic mass is 35.5. The molecule has 1 aromatic heterocycles. The van der Waals surface area contributed by atoms with E-state index in [9.17, 15) is 9.59 Å². The molecule has 0 saturated carbocycles. The van der Waals surface area contributed by atoms with Crippen LogP contribution in [-0.4, -0.2) is 36.4 Å². The molecule has 4 rings (SSSR count). The Labute approximate surface area is 208 Å². The molecular formula is C25H25Cl2N5O2. The van der Waals surface area contributed by atoms with Crippen LogP contribution in [0, 0.1) is 5.92 Å². The molecule has 7 nitrogen and oxygen atoms in total. The van der Waals surface area contributed by atoms with Crippen molar-refractivity contribution in [2.45, 2.75) is 12.8 Å². The van der Waals surface area contributed by atoms with Crippen LogP contribution in [0.25, 0.3) is 0 Å². The molecule has 4 N–H and O–H groups in total. The van der Waals surface area contributed by atoms with Gasteiger partial charge in [0.1, 0.15) is 0 Å². The molecule has 1 saturated heterocycles. The molecule has 2 heterocycles. The fourth-order valence-electron chi connectivity index (χ4n) is 4.06. The lowest BCUT2D eigenvalue weighted by Gasteiger charge is -2.33. The summed E-state index contributed by atoms with van der Waals surface area (Å²) < 4.78 is 0. The number of hydrogen-bond donors (Lipinski definition) is 3. The number of nitrogens with two attached hydrogens (primary N) is 1. The molecule has 3 aromatic rings. The highest BCUT2D eigenvalue weighted by Crippen LogP contribution is 2.29. The maximum Gasteiger partial charge on any atom is 0.319 e. The summed E-state index contributed by atoms with van der Waals surface area (Å²) in [6, 6.07) is 13.1. The van der Waals surface area contributed by atoms with Crippen LogP contribution in [0.5, 0.6) is 0 Å². The van der Waals surface area contributed by atoms with Gasteiger partial charge >= 0.3 is 6.03 Å². The number of piperidine rings is 1. The molecule has 34 heavy (non-hydrogen) atoms. The number of aromatic nitrogens is 1. The monoisotopic (exact) mass is 497 g/mol. The smallest absolute Gasteiger partial charge is 0.319 e. The Bertz CT molecular complexity index is 1180. The Kier molecular flexibility index (Phi) is 7.55. The standard InChI is InChI=1S/C25H25Cl2N5O2/c26-17-4-5-19(21(27)14-17)24(33)20-2-1-3-22(28)23(20)31-25(34)30-15-16-8-12-32(13-9-16)18-6-10-29-11-7-18/h1-7,10-11,14,16H,8-9,12-13,15,28H2,(H2,30,31,34). The summed E-state index contributed by atoms with van der Waals surface area (Å²) in [6.45, 7) is 2.38. The molecule has 0 radical (unpaired) electrons. The predicted molar refractivity (Wildman–Crippen MR) is 137 cm³/mol. The molecule has 1 fully saturated rings. The molecule has 1 aliphatic heterocycles. The van der Waals surface area contributed by atoms with E-state index in [1.54, 1.807) is 42.7 Å². The number of pyridine rings is 1. The van der Waals surface area contributed by atoms with Crippen molar-refractivity contribution in [3.63, 3.8) is 0 Å². The predicted octanol–water partition coefficient (Wildman–Crippen LogP) is 5.24. The maximum absolute atomic E-state index is 13.1. The third-order valence-electron chi connectivity index (χ3n) is 5.95. The number of para-hydroxylation sites is 1. The van der Waals surface area contributed by atoms with Gasteiger partial charge in [-0.3, -0.25) is 9.78 Å². The number of carbonyl (C=O) groups is 2. The number of amides is 2. The van der Waals surface area contributed by atoms with Gasteiger partial charge in [0.2, 0.25) is 0 Å². The lowest BCUT2D eigenvalue weighted by molar-refractivity contribution is 0.103. The van der Waals surface area contributed by atoms with Crippen LogP contribution < -0.4 is 21.3 Å². The quantitative estimate of drug-likeness (QED) is 0.319. The number of hydrogen-bond acceptors (Lipinski definition) is 5. The first-order valence-electron chi connectivity index (χ1n) is 11.0. The highest BCUT2D eigenvalue weighted by molar-refractivity contribution is 6.37. The van der Waals surface area contributed by atoms with Crippen LogP contribution in [0.1, 0.15) is 28.8 Å². The summed E-state index contributed by atoms with van der Waals surface area (Å²) in [5.41, 5.74) is 8.34. The van der Waals surface area contributed by atoms with E-state index in [4.69, 9.17) is 28.9 Å². The maximum atomic E-state index is 13.1. The minimum Gasteiger partial charge on any atom is -0.397 e. The second kappa shape index (κ2) is 10.8. The third kappa shape index (κ3) is 5.61. The summed E-state index contributed by atoms with van der Waals surface area (Å²) in [7, 11) is 0. The summed E-state index contributed by atoms with van der Waals surface area (Å²) >= 11 is 12.2. The van der Waals surface area contributed by atoms with E-state index in [-0.39, 0.29) is 33.3 Å². The summed E-state index contributed by atoms with van der Waals surface area (Å²) in [5, 5.41) is 6.33. The second-order valence-electron chi connectivity index (χ2n) is 8.19. The lowest BCUT2D eigenvalue weighted by Crippen LogP contribution is -2.40. The van der Waals surface area contributed by atoms with Gasteiger partial charge < -0.3 is 21.3 Å². The van der Waals surface area contributed by atoms with E-state index in [2.05, 4.69) is 20.5 Å². The van der Waals surface area contributed by atoms with Crippen LogP contribution in [-0.2, 0) is 0 Å².